The van der Waals surface area contributed by atoms with Crippen molar-refractivity contribution in [2.24, 2.45) is 0 Å². The van der Waals surface area contributed by atoms with Crippen LogP contribution in [0.25, 0.3) is 0 Å². The van der Waals surface area contributed by atoms with Crippen molar-refractivity contribution in [2.75, 3.05) is 6.54 Å². The van der Waals surface area contributed by atoms with Crippen LogP contribution in [0, 0.1) is 6.92 Å². The molecule has 1 aliphatic heterocycles. The predicted molar refractivity (Wildman–Crippen MR) is 104 cm³/mol. The monoisotopic (exact) mass is 401 g/mol. The van der Waals surface area contributed by atoms with Gasteiger partial charge in [-0.25, -0.2) is 0 Å². The van der Waals surface area contributed by atoms with Gasteiger partial charge < -0.3 is 4.90 Å². The Morgan fingerprint density at radius 3 is 2.57 bits per heavy atom. The molecule has 2 heterocycles. The van der Waals surface area contributed by atoms with Gasteiger partial charge in [0.15, 0.2) is 0 Å². The Bertz CT molecular complexity index is 1010. The normalized spacial score (nSPS) is 16.7. The second kappa shape index (κ2) is 7.09. The molecule has 4 rings (SSSR count). The lowest BCUT2D eigenvalue weighted by Gasteiger charge is -2.36. The highest BCUT2D eigenvalue weighted by atomic mass is 32.1. The van der Waals surface area contributed by atoms with Crippen molar-refractivity contribution < 1.29 is 18.0 Å². The number of carbonyl (C=O) groups excluding carboxylic acids is 1. The van der Waals surface area contributed by atoms with Crippen LogP contribution in [0.4, 0.5) is 13.2 Å². The molecule has 0 bridgehead atoms. The van der Waals surface area contributed by atoms with Crippen LogP contribution in [-0.4, -0.2) is 17.4 Å². The van der Waals surface area contributed by atoms with E-state index >= 15 is 0 Å². The Hall–Kier alpha value is -2.60. The van der Waals surface area contributed by atoms with Gasteiger partial charge in [0.25, 0.3) is 5.91 Å². The number of nitrogens with zero attached hydrogens (tertiary/aromatic N) is 1. The van der Waals surface area contributed by atoms with Crippen LogP contribution in [0.5, 0.6) is 0 Å². The quantitative estimate of drug-likeness (QED) is 0.526. The third-order valence-corrected chi connectivity index (χ3v) is 6.05. The SMILES string of the molecule is Cc1ccc([C@@H]2c3ccsc3CCN2C(=O)c2cccc(C(F)(F)F)c2)cc1. The first-order chi connectivity index (χ1) is 13.3. The van der Waals surface area contributed by atoms with Crippen LogP contribution in [0.1, 0.15) is 43.5 Å². The molecule has 1 aliphatic rings. The van der Waals surface area contributed by atoms with E-state index in [2.05, 4.69) is 0 Å². The van der Waals surface area contributed by atoms with Crippen molar-refractivity contribution in [3.8, 4) is 0 Å². The summed E-state index contributed by atoms with van der Waals surface area (Å²) in [5, 5.41) is 2.00. The Morgan fingerprint density at radius 1 is 1.11 bits per heavy atom. The van der Waals surface area contributed by atoms with Crippen LogP contribution in [0.2, 0.25) is 0 Å². The van der Waals surface area contributed by atoms with E-state index in [1.807, 2.05) is 42.6 Å². The molecule has 28 heavy (non-hydrogen) atoms. The van der Waals surface area contributed by atoms with Gasteiger partial charge in [0.2, 0.25) is 0 Å². The number of hydrogen-bond acceptors (Lipinski definition) is 2. The first-order valence-electron chi connectivity index (χ1n) is 8.95. The van der Waals surface area contributed by atoms with Crippen LogP contribution < -0.4 is 0 Å². The van der Waals surface area contributed by atoms with E-state index in [-0.39, 0.29) is 17.5 Å². The molecule has 0 saturated heterocycles. The van der Waals surface area contributed by atoms with Crippen molar-refractivity contribution in [3.05, 3.63) is 92.7 Å². The van der Waals surface area contributed by atoms with Crippen LogP contribution >= 0.6 is 11.3 Å². The molecule has 0 saturated carbocycles. The number of benzene rings is 2. The van der Waals surface area contributed by atoms with Gasteiger partial charge in [-0.05, 0) is 54.1 Å². The largest absolute Gasteiger partial charge is 0.416 e. The summed E-state index contributed by atoms with van der Waals surface area (Å²) in [6, 6.07) is 14.3. The molecule has 1 atom stereocenters. The maximum Gasteiger partial charge on any atom is 0.416 e. The zero-order valence-corrected chi connectivity index (χ0v) is 16.0. The van der Waals surface area contributed by atoms with Gasteiger partial charge in [-0.15, -0.1) is 11.3 Å². The maximum atomic E-state index is 13.2. The number of thiophene rings is 1. The fraction of sp³-hybridized carbons (Fsp3) is 0.227. The molecule has 3 aromatic rings. The molecule has 6 heteroatoms. The zero-order chi connectivity index (χ0) is 19.9. The number of halogens is 3. The number of fused-ring (bicyclic) bond motifs is 1. The fourth-order valence-electron chi connectivity index (χ4n) is 3.64. The molecule has 0 aliphatic carbocycles. The highest BCUT2D eigenvalue weighted by Crippen LogP contribution is 2.39. The van der Waals surface area contributed by atoms with Crippen molar-refractivity contribution in [2.45, 2.75) is 25.6 Å². The highest BCUT2D eigenvalue weighted by molar-refractivity contribution is 7.10. The van der Waals surface area contributed by atoms with E-state index in [1.165, 1.54) is 17.0 Å². The minimum atomic E-state index is -4.48. The third-order valence-electron chi connectivity index (χ3n) is 5.06. The van der Waals surface area contributed by atoms with Gasteiger partial charge in [-0.3, -0.25) is 4.79 Å². The fourth-order valence-corrected chi connectivity index (χ4v) is 4.54. The standard InChI is InChI=1S/C22H18F3NOS/c1-14-5-7-15(8-6-14)20-18-10-12-28-19(18)9-11-26(20)21(27)16-3-2-4-17(13-16)22(23,24)25/h2-8,10,12-13,20H,9,11H2,1H3/t20-/m1/s1. The van der Waals surface area contributed by atoms with Gasteiger partial charge in [-0.1, -0.05) is 35.9 Å². The smallest absolute Gasteiger partial charge is 0.327 e. The van der Waals surface area contributed by atoms with Crippen molar-refractivity contribution in [1.29, 1.82) is 0 Å². The number of carbonyl (C=O) groups is 1. The Morgan fingerprint density at radius 2 is 1.86 bits per heavy atom. The number of aryl methyl sites for hydroxylation is 1. The van der Waals surface area contributed by atoms with Crippen molar-refractivity contribution >= 4 is 17.2 Å². The van der Waals surface area contributed by atoms with Gasteiger partial charge >= 0.3 is 6.18 Å². The van der Waals surface area contributed by atoms with Crippen molar-refractivity contribution in [3.63, 3.8) is 0 Å². The third kappa shape index (κ3) is 3.44. The van der Waals surface area contributed by atoms with E-state index < -0.39 is 11.7 Å². The number of alkyl halides is 3. The van der Waals surface area contributed by atoms with E-state index in [1.54, 1.807) is 16.2 Å². The lowest BCUT2D eigenvalue weighted by Crippen LogP contribution is -2.40. The first-order valence-corrected chi connectivity index (χ1v) is 9.83. The van der Waals surface area contributed by atoms with Gasteiger partial charge in [0.1, 0.15) is 0 Å². The molecule has 144 valence electrons. The number of hydrogen-bond donors (Lipinski definition) is 0. The predicted octanol–water partition coefficient (Wildman–Crippen LogP) is 5.86. The lowest BCUT2D eigenvalue weighted by atomic mass is 9.92. The molecule has 1 aromatic heterocycles. The summed E-state index contributed by atoms with van der Waals surface area (Å²) < 4.78 is 39.3. The number of amides is 1. The average molecular weight is 401 g/mol. The summed E-state index contributed by atoms with van der Waals surface area (Å²) >= 11 is 1.66. The van der Waals surface area contributed by atoms with E-state index in [9.17, 15) is 18.0 Å². The van der Waals surface area contributed by atoms with E-state index in [0.29, 0.717) is 13.0 Å². The van der Waals surface area contributed by atoms with Gasteiger partial charge in [-0.2, -0.15) is 13.2 Å². The van der Waals surface area contributed by atoms with E-state index in [0.717, 1.165) is 28.8 Å². The molecule has 0 fully saturated rings. The van der Waals surface area contributed by atoms with Crippen LogP contribution in [0.15, 0.2) is 60.0 Å². The molecule has 2 nitrogen and oxygen atoms in total. The van der Waals surface area contributed by atoms with Gasteiger partial charge in [0, 0.05) is 17.0 Å². The second-order valence-corrected chi connectivity index (χ2v) is 7.94. The molecule has 0 radical (unpaired) electrons. The second-order valence-electron chi connectivity index (χ2n) is 6.94. The van der Waals surface area contributed by atoms with Crippen LogP contribution in [0.3, 0.4) is 0 Å². The summed E-state index contributed by atoms with van der Waals surface area (Å²) in [5.41, 5.74) is 2.38. The molecule has 0 N–H and O–H groups in total. The molecule has 0 unspecified atom stereocenters. The van der Waals surface area contributed by atoms with E-state index in [4.69, 9.17) is 0 Å². The summed E-state index contributed by atoms with van der Waals surface area (Å²) in [6.45, 7) is 2.47. The molecule has 2 aromatic carbocycles. The summed E-state index contributed by atoms with van der Waals surface area (Å²) in [7, 11) is 0. The Kier molecular flexibility index (Phi) is 4.75. The van der Waals surface area contributed by atoms with Crippen molar-refractivity contribution in [1.82, 2.24) is 4.90 Å². The Balaban J connectivity index is 1.75. The zero-order valence-electron chi connectivity index (χ0n) is 15.2. The summed E-state index contributed by atoms with van der Waals surface area (Å²) in [5.74, 6) is -0.381. The molecule has 0 spiro atoms. The molecular weight excluding hydrogens is 383 g/mol. The first kappa shape index (κ1) is 18.7. The summed E-state index contributed by atoms with van der Waals surface area (Å²) in [6.07, 6.45) is -3.77. The van der Waals surface area contributed by atoms with Crippen LogP contribution in [-0.2, 0) is 12.6 Å². The van der Waals surface area contributed by atoms with Gasteiger partial charge in [0.05, 0.1) is 11.6 Å². The topological polar surface area (TPSA) is 20.3 Å². The minimum absolute atomic E-state index is 0.0608. The average Bonchev–Trinajstić information content (AvgIpc) is 3.16. The molecule has 1 amide bonds. The maximum absolute atomic E-state index is 13.2. The number of rotatable bonds is 2. The highest BCUT2D eigenvalue weighted by Gasteiger charge is 2.35. The summed E-state index contributed by atoms with van der Waals surface area (Å²) in [4.78, 5) is 16.1. The minimum Gasteiger partial charge on any atom is -0.327 e. The molecular formula is C22H18F3NOS. The Labute approximate surface area is 165 Å². The lowest BCUT2D eigenvalue weighted by molar-refractivity contribution is -0.137.